The van der Waals surface area contributed by atoms with Gasteiger partial charge in [-0.1, -0.05) is 11.6 Å². The van der Waals surface area contributed by atoms with E-state index in [9.17, 15) is 18.0 Å². The van der Waals surface area contributed by atoms with Gasteiger partial charge in [0.15, 0.2) is 5.15 Å². The van der Waals surface area contributed by atoms with E-state index in [4.69, 9.17) is 11.6 Å². The van der Waals surface area contributed by atoms with Gasteiger partial charge in [-0.25, -0.2) is 4.68 Å². The fourth-order valence-corrected chi connectivity index (χ4v) is 1.92. The second-order valence-corrected chi connectivity index (χ2v) is 4.69. The Morgan fingerprint density at radius 2 is 2.05 bits per heavy atom. The van der Waals surface area contributed by atoms with E-state index in [0.717, 1.165) is 12.6 Å². The standard InChI is InChI=1S/C12H10ClF3N4O/c1-7-3-8(5-17-4-7)20-6-9(10(13)18-20)19(2)11(21)12(14,15)16/h3-6H,1-2H3. The molecule has 112 valence electrons. The molecule has 0 aliphatic heterocycles. The Balaban J connectivity index is 2.38. The van der Waals surface area contributed by atoms with Crippen LogP contribution in [-0.2, 0) is 4.79 Å². The molecule has 2 aromatic heterocycles. The number of rotatable bonds is 2. The number of amides is 1. The molecule has 21 heavy (non-hydrogen) atoms. The zero-order valence-corrected chi connectivity index (χ0v) is 11.8. The largest absolute Gasteiger partial charge is 0.471 e. The van der Waals surface area contributed by atoms with Gasteiger partial charge in [-0.15, -0.1) is 0 Å². The summed E-state index contributed by atoms with van der Waals surface area (Å²) in [5, 5.41) is 3.68. The third kappa shape index (κ3) is 3.15. The Morgan fingerprint density at radius 1 is 1.38 bits per heavy atom. The van der Waals surface area contributed by atoms with Gasteiger partial charge in [-0.2, -0.15) is 18.3 Å². The van der Waals surface area contributed by atoms with Crippen LogP contribution in [0.25, 0.3) is 5.69 Å². The van der Waals surface area contributed by atoms with E-state index in [1.165, 1.54) is 17.1 Å². The number of pyridine rings is 1. The molecule has 0 bridgehead atoms. The highest BCUT2D eigenvalue weighted by Gasteiger charge is 2.42. The first-order valence-electron chi connectivity index (χ1n) is 5.72. The van der Waals surface area contributed by atoms with Crippen molar-refractivity contribution in [2.45, 2.75) is 13.1 Å². The van der Waals surface area contributed by atoms with Crippen molar-refractivity contribution in [1.82, 2.24) is 14.8 Å². The number of carbonyl (C=O) groups is 1. The number of hydrogen-bond acceptors (Lipinski definition) is 3. The van der Waals surface area contributed by atoms with Gasteiger partial charge in [0.2, 0.25) is 0 Å². The molecular weight excluding hydrogens is 309 g/mol. The Kier molecular flexibility index (Phi) is 3.91. The lowest BCUT2D eigenvalue weighted by Crippen LogP contribution is -2.38. The molecule has 0 spiro atoms. The summed E-state index contributed by atoms with van der Waals surface area (Å²) in [6.45, 7) is 1.81. The number of aromatic nitrogens is 3. The molecule has 1 amide bonds. The van der Waals surface area contributed by atoms with E-state index in [2.05, 4.69) is 10.1 Å². The van der Waals surface area contributed by atoms with Crippen LogP contribution in [0.1, 0.15) is 5.56 Å². The van der Waals surface area contributed by atoms with E-state index in [1.807, 2.05) is 6.92 Å². The van der Waals surface area contributed by atoms with Gasteiger partial charge in [0.05, 0.1) is 18.1 Å². The van der Waals surface area contributed by atoms with Crippen LogP contribution in [0, 0.1) is 6.92 Å². The van der Waals surface area contributed by atoms with Crippen LogP contribution < -0.4 is 4.90 Å². The van der Waals surface area contributed by atoms with Gasteiger partial charge in [0.1, 0.15) is 5.69 Å². The summed E-state index contributed by atoms with van der Waals surface area (Å²) in [7, 11) is 0.984. The van der Waals surface area contributed by atoms with Crippen LogP contribution in [0.2, 0.25) is 5.15 Å². The highest BCUT2D eigenvalue weighted by Crippen LogP contribution is 2.28. The summed E-state index contributed by atoms with van der Waals surface area (Å²) in [6, 6.07) is 1.73. The first-order chi connectivity index (χ1) is 9.70. The van der Waals surface area contributed by atoms with Crippen molar-refractivity contribution in [3.63, 3.8) is 0 Å². The molecule has 0 aromatic carbocycles. The number of alkyl halides is 3. The lowest BCUT2D eigenvalue weighted by atomic mass is 10.3. The highest BCUT2D eigenvalue weighted by atomic mass is 35.5. The molecule has 5 nitrogen and oxygen atoms in total. The highest BCUT2D eigenvalue weighted by molar-refractivity contribution is 6.32. The van der Waals surface area contributed by atoms with Crippen LogP contribution in [0.5, 0.6) is 0 Å². The van der Waals surface area contributed by atoms with E-state index >= 15 is 0 Å². The number of nitrogens with zero attached hydrogens (tertiary/aromatic N) is 4. The first kappa shape index (κ1) is 15.3. The van der Waals surface area contributed by atoms with Crippen molar-refractivity contribution in [3.05, 3.63) is 35.4 Å². The fraction of sp³-hybridized carbons (Fsp3) is 0.250. The molecule has 9 heteroatoms. The zero-order chi connectivity index (χ0) is 15.8. The minimum atomic E-state index is -4.98. The quantitative estimate of drug-likeness (QED) is 0.855. The minimum absolute atomic E-state index is 0.138. The molecule has 0 atom stereocenters. The Hall–Kier alpha value is -2.09. The van der Waals surface area contributed by atoms with Crippen LogP contribution >= 0.6 is 11.6 Å². The average Bonchev–Trinajstić information content (AvgIpc) is 2.78. The van der Waals surface area contributed by atoms with E-state index in [1.54, 1.807) is 12.3 Å². The number of hydrogen-bond donors (Lipinski definition) is 0. The van der Waals surface area contributed by atoms with Crippen molar-refractivity contribution in [2.24, 2.45) is 0 Å². The van der Waals surface area contributed by atoms with Gasteiger partial charge in [-0.3, -0.25) is 9.78 Å². The molecule has 2 heterocycles. The third-order valence-corrected chi connectivity index (χ3v) is 2.95. The predicted molar refractivity (Wildman–Crippen MR) is 70.6 cm³/mol. The SMILES string of the molecule is Cc1cncc(-n2cc(N(C)C(=O)C(F)(F)F)c(Cl)n2)c1. The van der Waals surface area contributed by atoms with Gasteiger partial charge < -0.3 is 4.90 Å². The molecule has 0 saturated heterocycles. The van der Waals surface area contributed by atoms with Crippen LogP contribution in [0.4, 0.5) is 18.9 Å². The molecule has 0 fully saturated rings. The van der Waals surface area contributed by atoms with E-state index < -0.39 is 12.1 Å². The van der Waals surface area contributed by atoms with Gasteiger partial charge in [0.25, 0.3) is 0 Å². The maximum absolute atomic E-state index is 12.4. The summed E-state index contributed by atoms with van der Waals surface area (Å²) in [5.74, 6) is -2.02. The van der Waals surface area contributed by atoms with E-state index in [-0.39, 0.29) is 10.8 Å². The Bertz CT molecular complexity index is 683. The molecule has 0 N–H and O–H groups in total. The molecular formula is C12H10ClF3N4O. The topological polar surface area (TPSA) is 51.0 Å². The number of anilines is 1. The summed E-state index contributed by atoms with van der Waals surface area (Å²) >= 11 is 5.81. The lowest BCUT2D eigenvalue weighted by Gasteiger charge is -2.16. The average molecular weight is 319 g/mol. The smallest absolute Gasteiger partial charge is 0.303 e. The second kappa shape index (κ2) is 5.36. The van der Waals surface area contributed by atoms with Crippen LogP contribution in [-0.4, -0.2) is 33.9 Å². The normalized spacial score (nSPS) is 11.5. The molecule has 2 rings (SSSR count). The predicted octanol–water partition coefficient (Wildman–Crippen LogP) is 2.75. The molecule has 0 saturated carbocycles. The maximum Gasteiger partial charge on any atom is 0.471 e. The van der Waals surface area contributed by atoms with Crippen molar-refractivity contribution in [2.75, 3.05) is 11.9 Å². The molecule has 0 aliphatic carbocycles. The van der Waals surface area contributed by atoms with Gasteiger partial charge in [-0.05, 0) is 18.6 Å². The Labute approximate surface area is 122 Å². The number of aryl methyl sites for hydroxylation is 1. The summed E-state index contributed by atoms with van der Waals surface area (Å²) in [4.78, 5) is 15.6. The summed E-state index contributed by atoms with van der Waals surface area (Å²) in [6.07, 6.45) is -0.645. The van der Waals surface area contributed by atoms with Crippen molar-refractivity contribution < 1.29 is 18.0 Å². The molecule has 0 aliphatic rings. The molecule has 0 radical (unpaired) electrons. The zero-order valence-electron chi connectivity index (χ0n) is 11.0. The molecule has 2 aromatic rings. The maximum atomic E-state index is 12.4. The van der Waals surface area contributed by atoms with Gasteiger partial charge >= 0.3 is 12.1 Å². The first-order valence-corrected chi connectivity index (χ1v) is 6.10. The number of carbonyl (C=O) groups excluding carboxylic acids is 1. The summed E-state index contributed by atoms with van der Waals surface area (Å²) in [5.41, 5.74) is 1.23. The van der Waals surface area contributed by atoms with Crippen molar-refractivity contribution in [3.8, 4) is 5.69 Å². The van der Waals surface area contributed by atoms with Gasteiger partial charge in [0, 0.05) is 13.2 Å². The minimum Gasteiger partial charge on any atom is -0.303 e. The molecule has 0 unspecified atom stereocenters. The van der Waals surface area contributed by atoms with E-state index in [0.29, 0.717) is 10.6 Å². The van der Waals surface area contributed by atoms with Crippen LogP contribution in [0.15, 0.2) is 24.7 Å². The van der Waals surface area contributed by atoms with Crippen molar-refractivity contribution >= 4 is 23.2 Å². The Morgan fingerprint density at radius 3 is 2.62 bits per heavy atom. The lowest BCUT2D eigenvalue weighted by molar-refractivity contribution is -0.170. The second-order valence-electron chi connectivity index (χ2n) is 4.33. The third-order valence-electron chi connectivity index (χ3n) is 2.69. The number of halogens is 4. The fourth-order valence-electron chi connectivity index (χ4n) is 1.66. The summed E-state index contributed by atoms with van der Waals surface area (Å²) < 4.78 is 38.5. The van der Waals surface area contributed by atoms with Crippen LogP contribution in [0.3, 0.4) is 0 Å². The monoisotopic (exact) mass is 318 g/mol. The van der Waals surface area contributed by atoms with Crippen molar-refractivity contribution in [1.29, 1.82) is 0 Å².